The summed E-state index contributed by atoms with van der Waals surface area (Å²) >= 11 is 3.42. The quantitative estimate of drug-likeness (QED) is 0.454. The Morgan fingerprint density at radius 3 is 2.65 bits per heavy atom. The number of nitrogens with one attached hydrogen (secondary N) is 1. The van der Waals surface area contributed by atoms with Crippen LogP contribution in [0.3, 0.4) is 0 Å². The molecule has 0 aliphatic rings. The topological polar surface area (TPSA) is 86.9 Å². The summed E-state index contributed by atoms with van der Waals surface area (Å²) in [5.74, 6) is 1.66. The summed E-state index contributed by atoms with van der Waals surface area (Å²) in [6.07, 6.45) is 0. The Labute approximate surface area is 186 Å². The zero-order chi connectivity index (χ0) is 22.1. The molecule has 0 aliphatic carbocycles. The summed E-state index contributed by atoms with van der Waals surface area (Å²) < 4.78 is 14.5. The first-order valence-corrected chi connectivity index (χ1v) is 10.4. The zero-order valence-electron chi connectivity index (χ0n) is 17.3. The molecule has 1 N–H and O–H groups in total. The van der Waals surface area contributed by atoms with Gasteiger partial charge < -0.3 is 14.8 Å². The lowest BCUT2D eigenvalue weighted by atomic mass is 10.2. The van der Waals surface area contributed by atoms with Gasteiger partial charge in [-0.25, -0.2) is 4.68 Å². The molecule has 4 aromatic rings. The van der Waals surface area contributed by atoms with E-state index in [4.69, 9.17) is 9.47 Å². The standard InChI is InChI=1S/C22H21BrN4O4/c1-13-25-26(12-21(28)24-11-15-8-16(23)4-7-20(15)31-3)22(29)19-10-14-9-17(30-2)5-6-18(14)27(13)19/h4-10H,11-12H2,1-3H3,(H,24,28). The highest BCUT2D eigenvalue weighted by Crippen LogP contribution is 2.24. The van der Waals surface area contributed by atoms with Crippen LogP contribution in [0.15, 0.2) is 51.7 Å². The second kappa shape index (κ2) is 8.43. The van der Waals surface area contributed by atoms with E-state index in [1.807, 2.05) is 36.4 Å². The first-order valence-electron chi connectivity index (χ1n) is 9.57. The number of hydrogen-bond donors (Lipinski definition) is 1. The van der Waals surface area contributed by atoms with Crippen LogP contribution in [0.25, 0.3) is 16.4 Å². The zero-order valence-corrected chi connectivity index (χ0v) is 18.9. The normalized spacial score (nSPS) is 11.1. The number of methoxy groups -OCH3 is 2. The number of hydrogen-bond acceptors (Lipinski definition) is 5. The third-order valence-corrected chi connectivity index (χ3v) is 5.56. The molecule has 0 fully saturated rings. The van der Waals surface area contributed by atoms with Crippen molar-refractivity contribution in [1.29, 1.82) is 0 Å². The Bertz CT molecular complexity index is 1360. The number of halogens is 1. The molecule has 2 aromatic carbocycles. The van der Waals surface area contributed by atoms with Gasteiger partial charge in [0.1, 0.15) is 29.4 Å². The summed E-state index contributed by atoms with van der Waals surface area (Å²) in [4.78, 5) is 25.5. The molecule has 8 nitrogen and oxygen atoms in total. The van der Waals surface area contributed by atoms with Gasteiger partial charge in [0.25, 0.3) is 5.56 Å². The molecular weight excluding hydrogens is 464 g/mol. The summed E-state index contributed by atoms with van der Waals surface area (Å²) in [7, 11) is 3.17. The van der Waals surface area contributed by atoms with Crippen molar-refractivity contribution < 1.29 is 14.3 Å². The van der Waals surface area contributed by atoms with Crippen molar-refractivity contribution in [3.05, 3.63) is 68.7 Å². The average molecular weight is 485 g/mol. The highest BCUT2D eigenvalue weighted by atomic mass is 79.9. The van der Waals surface area contributed by atoms with Crippen molar-refractivity contribution in [1.82, 2.24) is 19.5 Å². The minimum absolute atomic E-state index is 0.183. The molecule has 2 heterocycles. The van der Waals surface area contributed by atoms with Crippen LogP contribution in [-0.2, 0) is 17.9 Å². The molecule has 9 heteroatoms. The van der Waals surface area contributed by atoms with Gasteiger partial charge in [0.15, 0.2) is 0 Å². The lowest BCUT2D eigenvalue weighted by Gasteiger charge is -2.11. The van der Waals surface area contributed by atoms with Gasteiger partial charge in [-0.15, -0.1) is 0 Å². The van der Waals surface area contributed by atoms with E-state index in [1.54, 1.807) is 31.6 Å². The summed E-state index contributed by atoms with van der Waals surface area (Å²) in [6, 6.07) is 12.9. The third-order valence-electron chi connectivity index (χ3n) is 5.06. The van der Waals surface area contributed by atoms with E-state index < -0.39 is 0 Å². The van der Waals surface area contributed by atoms with Gasteiger partial charge in [0.2, 0.25) is 5.91 Å². The van der Waals surface area contributed by atoms with Crippen LogP contribution in [0.1, 0.15) is 11.4 Å². The summed E-state index contributed by atoms with van der Waals surface area (Å²) in [5, 5.41) is 8.04. The van der Waals surface area contributed by atoms with Crippen molar-refractivity contribution in [3.8, 4) is 11.5 Å². The monoisotopic (exact) mass is 484 g/mol. The van der Waals surface area contributed by atoms with Gasteiger partial charge in [-0.1, -0.05) is 15.9 Å². The Kier molecular flexibility index (Phi) is 5.69. The molecule has 31 heavy (non-hydrogen) atoms. The largest absolute Gasteiger partial charge is 0.497 e. The molecule has 0 saturated carbocycles. The number of fused-ring (bicyclic) bond motifs is 3. The van der Waals surface area contributed by atoms with Crippen LogP contribution in [0.5, 0.6) is 11.5 Å². The van der Waals surface area contributed by atoms with Gasteiger partial charge in [-0.3, -0.25) is 14.0 Å². The molecule has 0 unspecified atom stereocenters. The number of carbonyl (C=O) groups is 1. The van der Waals surface area contributed by atoms with Crippen molar-refractivity contribution in [2.24, 2.45) is 0 Å². The van der Waals surface area contributed by atoms with Gasteiger partial charge in [-0.05, 0) is 49.4 Å². The van der Waals surface area contributed by atoms with E-state index >= 15 is 0 Å². The van der Waals surface area contributed by atoms with Crippen molar-refractivity contribution in [3.63, 3.8) is 0 Å². The molecular formula is C22H21BrN4O4. The number of nitrogens with zero attached hydrogens (tertiary/aromatic N) is 3. The SMILES string of the molecule is COc1ccc2c(c1)cc1c(=O)n(CC(=O)NCc3cc(Br)ccc3OC)nc(C)n12. The van der Waals surface area contributed by atoms with E-state index in [2.05, 4.69) is 26.3 Å². The van der Waals surface area contributed by atoms with Crippen molar-refractivity contribution >= 4 is 38.3 Å². The fourth-order valence-corrected chi connectivity index (χ4v) is 4.01. The Morgan fingerprint density at radius 1 is 1.10 bits per heavy atom. The molecule has 0 spiro atoms. The summed E-state index contributed by atoms with van der Waals surface area (Å²) in [5.41, 5.74) is 1.80. The number of aryl methyl sites for hydroxylation is 1. The van der Waals surface area contributed by atoms with Gasteiger partial charge >= 0.3 is 0 Å². The lowest BCUT2D eigenvalue weighted by Crippen LogP contribution is -2.34. The molecule has 160 valence electrons. The Morgan fingerprint density at radius 2 is 1.90 bits per heavy atom. The van der Waals surface area contributed by atoms with Gasteiger partial charge in [0.05, 0.1) is 19.7 Å². The van der Waals surface area contributed by atoms with Crippen molar-refractivity contribution in [2.45, 2.75) is 20.0 Å². The molecule has 0 radical (unpaired) electrons. The van der Waals surface area contributed by atoms with E-state index in [-0.39, 0.29) is 24.6 Å². The second-order valence-corrected chi connectivity index (χ2v) is 7.95. The smallest absolute Gasteiger partial charge is 0.291 e. The maximum absolute atomic E-state index is 13.0. The second-order valence-electron chi connectivity index (χ2n) is 7.03. The minimum atomic E-state index is -0.337. The van der Waals surface area contributed by atoms with E-state index in [1.165, 1.54) is 4.68 Å². The minimum Gasteiger partial charge on any atom is -0.497 e. The first-order chi connectivity index (χ1) is 14.9. The maximum Gasteiger partial charge on any atom is 0.291 e. The number of carbonyl (C=O) groups excluding carboxylic acids is 1. The van der Waals surface area contributed by atoms with Crippen LogP contribution in [0, 0.1) is 6.92 Å². The molecule has 0 saturated heterocycles. The molecule has 0 bridgehead atoms. The van der Waals surface area contributed by atoms with Crippen LogP contribution < -0.4 is 20.3 Å². The molecule has 4 rings (SSSR count). The van der Waals surface area contributed by atoms with Crippen LogP contribution in [0.4, 0.5) is 0 Å². The number of aromatic nitrogens is 3. The van der Waals surface area contributed by atoms with Gasteiger partial charge in [0, 0.05) is 22.0 Å². The number of rotatable bonds is 6. The van der Waals surface area contributed by atoms with E-state index in [0.717, 1.165) is 20.9 Å². The van der Waals surface area contributed by atoms with Crippen LogP contribution in [0.2, 0.25) is 0 Å². The number of ether oxygens (including phenoxy) is 2. The highest BCUT2D eigenvalue weighted by molar-refractivity contribution is 9.10. The maximum atomic E-state index is 13.0. The molecule has 0 aliphatic heterocycles. The number of amides is 1. The fourth-order valence-electron chi connectivity index (χ4n) is 3.60. The average Bonchev–Trinajstić information content (AvgIpc) is 3.15. The van der Waals surface area contributed by atoms with Gasteiger partial charge in [-0.2, -0.15) is 5.10 Å². The molecule has 1 amide bonds. The van der Waals surface area contributed by atoms with Crippen molar-refractivity contribution in [2.75, 3.05) is 14.2 Å². The first kappa shape index (κ1) is 20.9. The molecule has 2 aromatic heterocycles. The van der Waals surface area contributed by atoms with Crippen LogP contribution in [-0.4, -0.2) is 34.3 Å². The fraction of sp³-hybridized carbons (Fsp3) is 0.227. The highest BCUT2D eigenvalue weighted by Gasteiger charge is 2.15. The Hall–Kier alpha value is -3.33. The molecule has 0 atom stereocenters. The van der Waals surface area contributed by atoms with Crippen LogP contribution >= 0.6 is 15.9 Å². The predicted octanol–water partition coefficient (Wildman–Crippen LogP) is 3.05. The van der Waals surface area contributed by atoms with E-state index in [9.17, 15) is 9.59 Å². The summed E-state index contributed by atoms with van der Waals surface area (Å²) in [6.45, 7) is 1.89. The Balaban J connectivity index is 1.60. The predicted molar refractivity (Wildman–Crippen MR) is 121 cm³/mol. The van der Waals surface area contributed by atoms with E-state index in [0.29, 0.717) is 22.8 Å². The lowest BCUT2D eigenvalue weighted by molar-refractivity contribution is -0.122. The number of benzene rings is 2. The third kappa shape index (κ3) is 4.00.